The molecule has 0 unspecified atom stereocenters. The van der Waals surface area contributed by atoms with Crippen LogP contribution in [0.2, 0.25) is 0 Å². The highest BCUT2D eigenvalue weighted by Gasteiger charge is 2.38. The molecule has 0 radical (unpaired) electrons. The zero-order chi connectivity index (χ0) is 14.8. The van der Waals surface area contributed by atoms with Gasteiger partial charge in [0.1, 0.15) is 0 Å². The molecule has 0 saturated heterocycles. The molecule has 5 nitrogen and oxygen atoms in total. The predicted octanol–water partition coefficient (Wildman–Crippen LogP) is 2.89. The van der Waals surface area contributed by atoms with Crippen LogP contribution in [0.3, 0.4) is 0 Å². The van der Waals surface area contributed by atoms with E-state index in [1.807, 2.05) is 22.6 Å². The Labute approximate surface area is 130 Å². The van der Waals surface area contributed by atoms with Crippen LogP contribution < -0.4 is 5.32 Å². The first-order valence-electron chi connectivity index (χ1n) is 6.33. The number of hydrogen-bond acceptors (Lipinski definition) is 3. The summed E-state index contributed by atoms with van der Waals surface area (Å²) in [4.78, 5) is 23.0. The van der Waals surface area contributed by atoms with Crippen molar-refractivity contribution in [2.45, 2.75) is 31.3 Å². The third kappa shape index (κ3) is 3.49. The smallest absolute Gasteiger partial charge is 0.335 e. The third-order valence-corrected chi connectivity index (χ3v) is 4.23. The lowest BCUT2D eigenvalue weighted by atomic mass is 9.77. The molecule has 0 heterocycles. The molecule has 20 heavy (non-hydrogen) atoms. The van der Waals surface area contributed by atoms with Crippen molar-refractivity contribution in [1.82, 2.24) is 0 Å². The Kier molecular flexibility index (Phi) is 4.64. The third-order valence-electron chi connectivity index (χ3n) is 3.61. The number of nitrogens with one attached hydrogen (secondary N) is 1. The van der Waals surface area contributed by atoms with Gasteiger partial charge in [-0.05, 0) is 60.1 Å². The van der Waals surface area contributed by atoms with Gasteiger partial charge in [0.05, 0.1) is 17.6 Å². The highest BCUT2D eigenvalue weighted by atomic mass is 127. The van der Waals surface area contributed by atoms with E-state index in [1.54, 1.807) is 19.2 Å². The second-order valence-corrected chi connectivity index (χ2v) is 6.25. The van der Waals surface area contributed by atoms with E-state index in [-0.39, 0.29) is 17.1 Å². The van der Waals surface area contributed by atoms with Crippen LogP contribution in [0.5, 0.6) is 0 Å². The van der Waals surface area contributed by atoms with Gasteiger partial charge in [0.25, 0.3) is 0 Å². The number of halogens is 1. The molecular weight excluding hydrogens is 373 g/mol. The van der Waals surface area contributed by atoms with Gasteiger partial charge in [-0.1, -0.05) is 0 Å². The molecule has 1 aliphatic carbocycles. The molecule has 1 aromatic rings. The van der Waals surface area contributed by atoms with Gasteiger partial charge >= 0.3 is 5.97 Å². The van der Waals surface area contributed by atoms with Crippen molar-refractivity contribution >= 4 is 40.2 Å². The summed E-state index contributed by atoms with van der Waals surface area (Å²) in [6, 6.07) is 4.76. The number of benzene rings is 1. The molecule has 1 aliphatic rings. The number of aromatic carboxylic acids is 1. The molecule has 2 N–H and O–H groups in total. The molecule has 2 rings (SSSR count). The van der Waals surface area contributed by atoms with Crippen LogP contribution in [0.25, 0.3) is 0 Å². The number of methoxy groups -OCH3 is 1. The monoisotopic (exact) mass is 389 g/mol. The minimum atomic E-state index is -1.01. The van der Waals surface area contributed by atoms with Crippen molar-refractivity contribution in [3.63, 3.8) is 0 Å². The molecule has 0 aliphatic heterocycles. The number of carboxylic acid groups (broad SMARTS) is 1. The molecule has 1 aromatic carbocycles. The van der Waals surface area contributed by atoms with E-state index in [0.717, 1.165) is 22.8 Å². The Balaban J connectivity index is 2.06. The van der Waals surface area contributed by atoms with E-state index < -0.39 is 5.97 Å². The van der Waals surface area contributed by atoms with Crippen LogP contribution in [-0.4, -0.2) is 29.7 Å². The van der Waals surface area contributed by atoms with Crippen LogP contribution in [-0.2, 0) is 9.53 Å². The highest BCUT2D eigenvalue weighted by molar-refractivity contribution is 14.1. The fourth-order valence-corrected chi connectivity index (χ4v) is 2.98. The molecule has 0 atom stereocenters. The first-order valence-corrected chi connectivity index (χ1v) is 7.41. The van der Waals surface area contributed by atoms with Crippen LogP contribution >= 0.6 is 22.6 Å². The minimum Gasteiger partial charge on any atom is -0.478 e. The Morgan fingerprint density at radius 1 is 1.40 bits per heavy atom. The van der Waals surface area contributed by atoms with Gasteiger partial charge in [0, 0.05) is 16.4 Å². The number of ether oxygens (including phenoxy) is 1. The fourth-order valence-electron chi connectivity index (χ4n) is 2.31. The molecule has 0 bridgehead atoms. The second-order valence-electron chi connectivity index (χ2n) is 5.00. The maximum Gasteiger partial charge on any atom is 0.335 e. The molecule has 1 amide bonds. The average molecular weight is 389 g/mol. The van der Waals surface area contributed by atoms with Crippen molar-refractivity contribution < 1.29 is 19.4 Å². The molecular formula is C14H16INO4. The summed E-state index contributed by atoms with van der Waals surface area (Å²) >= 11 is 2.03. The van der Waals surface area contributed by atoms with Gasteiger partial charge in [-0.25, -0.2) is 4.79 Å². The topological polar surface area (TPSA) is 75.6 Å². The Hall–Kier alpha value is -1.15. The van der Waals surface area contributed by atoms with Crippen molar-refractivity contribution in [2.75, 3.05) is 12.4 Å². The number of carboxylic acids is 1. The van der Waals surface area contributed by atoms with Gasteiger partial charge in [-0.3, -0.25) is 4.79 Å². The second kappa shape index (κ2) is 6.09. The number of hydrogen-bond donors (Lipinski definition) is 2. The van der Waals surface area contributed by atoms with Gasteiger partial charge in [-0.15, -0.1) is 0 Å². The van der Waals surface area contributed by atoms with Crippen LogP contribution in [0.1, 0.15) is 36.0 Å². The SMILES string of the molecule is COC1(CC(=O)Nc2cc(I)cc(C(=O)O)c2)CCC1. The molecule has 0 aromatic heterocycles. The summed E-state index contributed by atoms with van der Waals surface area (Å²) in [5, 5.41) is 11.8. The predicted molar refractivity (Wildman–Crippen MR) is 83.0 cm³/mol. The molecule has 1 fully saturated rings. The number of carbonyl (C=O) groups is 2. The summed E-state index contributed by atoms with van der Waals surface area (Å²) < 4.78 is 6.18. The van der Waals surface area contributed by atoms with Crippen molar-refractivity contribution in [1.29, 1.82) is 0 Å². The van der Waals surface area contributed by atoms with E-state index in [9.17, 15) is 9.59 Å². The molecule has 0 spiro atoms. The number of carbonyl (C=O) groups excluding carboxylic acids is 1. The van der Waals surface area contributed by atoms with Crippen LogP contribution in [0.4, 0.5) is 5.69 Å². The summed E-state index contributed by atoms with van der Waals surface area (Å²) in [5.74, 6) is -1.16. The summed E-state index contributed by atoms with van der Waals surface area (Å²) in [6.07, 6.45) is 3.16. The first kappa shape index (κ1) is 15.2. The summed E-state index contributed by atoms with van der Waals surface area (Å²) in [5.41, 5.74) is 0.337. The quantitative estimate of drug-likeness (QED) is 0.760. The van der Waals surface area contributed by atoms with Gasteiger partial charge in [0.2, 0.25) is 5.91 Å². The molecule has 108 valence electrons. The van der Waals surface area contributed by atoms with Gasteiger partial charge in [-0.2, -0.15) is 0 Å². The van der Waals surface area contributed by atoms with Crippen molar-refractivity contribution in [2.24, 2.45) is 0 Å². The summed E-state index contributed by atoms with van der Waals surface area (Å²) in [7, 11) is 1.63. The lowest BCUT2D eigenvalue weighted by molar-refractivity contribution is -0.129. The number of amides is 1. The standard InChI is InChI=1S/C14H16INO4/c1-20-14(3-2-4-14)8-12(17)16-11-6-9(13(18)19)5-10(15)7-11/h5-7H,2-4,8H2,1H3,(H,16,17)(H,18,19). The highest BCUT2D eigenvalue weighted by Crippen LogP contribution is 2.38. The number of anilines is 1. The van der Waals surface area contributed by atoms with Crippen LogP contribution in [0.15, 0.2) is 18.2 Å². The molecule has 6 heteroatoms. The number of rotatable bonds is 5. The van der Waals surface area contributed by atoms with Gasteiger partial charge < -0.3 is 15.2 Å². The van der Waals surface area contributed by atoms with Crippen molar-refractivity contribution in [3.05, 3.63) is 27.3 Å². The first-order chi connectivity index (χ1) is 9.44. The lowest BCUT2D eigenvalue weighted by Crippen LogP contribution is -2.42. The van der Waals surface area contributed by atoms with Crippen LogP contribution in [0, 0.1) is 3.57 Å². The van der Waals surface area contributed by atoms with E-state index in [4.69, 9.17) is 9.84 Å². The van der Waals surface area contributed by atoms with E-state index in [0.29, 0.717) is 12.1 Å². The van der Waals surface area contributed by atoms with E-state index in [1.165, 1.54) is 6.07 Å². The van der Waals surface area contributed by atoms with E-state index >= 15 is 0 Å². The fraction of sp³-hybridized carbons (Fsp3) is 0.429. The zero-order valence-corrected chi connectivity index (χ0v) is 13.3. The minimum absolute atomic E-state index is 0.148. The Bertz CT molecular complexity index is 534. The summed E-state index contributed by atoms with van der Waals surface area (Å²) in [6.45, 7) is 0. The maximum absolute atomic E-state index is 12.0. The van der Waals surface area contributed by atoms with Gasteiger partial charge in [0.15, 0.2) is 0 Å². The Morgan fingerprint density at radius 3 is 2.60 bits per heavy atom. The molecule has 1 saturated carbocycles. The maximum atomic E-state index is 12.0. The largest absolute Gasteiger partial charge is 0.478 e. The average Bonchev–Trinajstić information content (AvgIpc) is 2.33. The Morgan fingerprint density at radius 2 is 2.10 bits per heavy atom. The van der Waals surface area contributed by atoms with E-state index in [2.05, 4.69) is 5.32 Å². The normalized spacial score (nSPS) is 16.3. The van der Waals surface area contributed by atoms with Crippen molar-refractivity contribution in [3.8, 4) is 0 Å². The lowest BCUT2D eigenvalue weighted by Gasteiger charge is -2.39. The zero-order valence-electron chi connectivity index (χ0n) is 11.1.